The van der Waals surface area contributed by atoms with E-state index in [0.717, 1.165) is 11.1 Å². The van der Waals surface area contributed by atoms with Crippen LogP contribution in [0.5, 0.6) is 0 Å². The maximum absolute atomic E-state index is 10.6. The van der Waals surface area contributed by atoms with Crippen molar-refractivity contribution in [2.45, 2.75) is 13.1 Å². The van der Waals surface area contributed by atoms with Gasteiger partial charge in [-0.25, -0.2) is 0 Å². The number of nitrogens with zero attached hydrogens (tertiary/aromatic N) is 1. The van der Waals surface area contributed by atoms with Crippen LogP contribution < -0.4 is 11.1 Å². The highest BCUT2D eigenvalue weighted by atomic mass is 35.5. The first kappa shape index (κ1) is 14.3. The molecule has 0 aliphatic rings. The molecule has 0 radical (unpaired) electrons. The van der Waals surface area contributed by atoms with E-state index in [2.05, 4.69) is 5.32 Å². The summed E-state index contributed by atoms with van der Waals surface area (Å²) in [5.74, 6) is 0. The Labute approximate surface area is 121 Å². The molecule has 2 aromatic rings. The van der Waals surface area contributed by atoms with Gasteiger partial charge in [0.1, 0.15) is 0 Å². The molecular weight excluding hydrogens is 278 g/mol. The van der Waals surface area contributed by atoms with Crippen molar-refractivity contribution < 1.29 is 4.92 Å². The second-order valence-electron chi connectivity index (χ2n) is 4.30. The third kappa shape index (κ3) is 3.46. The lowest BCUT2D eigenvalue weighted by molar-refractivity contribution is -0.384. The van der Waals surface area contributed by atoms with Crippen LogP contribution in [0.15, 0.2) is 42.5 Å². The smallest absolute Gasteiger partial charge is 0.271 e. The first-order valence-electron chi connectivity index (χ1n) is 6.06. The Hall–Kier alpha value is -2.11. The van der Waals surface area contributed by atoms with E-state index in [0.29, 0.717) is 23.8 Å². The summed E-state index contributed by atoms with van der Waals surface area (Å²) in [6.07, 6.45) is 0. The van der Waals surface area contributed by atoms with Crippen LogP contribution in [-0.4, -0.2) is 4.92 Å². The van der Waals surface area contributed by atoms with Crippen molar-refractivity contribution in [2.24, 2.45) is 5.73 Å². The minimum Gasteiger partial charge on any atom is -0.380 e. The molecule has 0 aliphatic carbocycles. The predicted molar refractivity (Wildman–Crippen MR) is 79.8 cm³/mol. The summed E-state index contributed by atoms with van der Waals surface area (Å²) in [5.41, 5.74) is 8.33. The minimum absolute atomic E-state index is 0.0205. The SMILES string of the molecule is NCc1ccc(CNc2ccc([N+](=O)[O-])cc2Cl)cc1. The molecule has 5 nitrogen and oxygen atoms in total. The van der Waals surface area contributed by atoms with Crippen LogP contribution in [-0.2, 0) is 13.1 Å². The van der Waals surface area contributed by atoms with Gasteiger partial charge in [0.2, 0.25) is 0 Å². The van der Waals surface area contributed by atoms with Crippen molar-refractivity contribution in [3.05, 3.63) is 68.7 Å². The zero-order valence-electron chi connectivity index (χ0n) is 10.7. The number of halogens is 1. The molecule has 0 aromatic heterocycles. The van der Waals surface area contributed by atoms with Crippen molar-refractivity contribution in [2.75, 3.05) is 5.32 Å². The van der Waals surface area contributed by atoms with Gasteiger partial charge in [0.05, 0.1) is 15.6 Å². The third-order valence-electron chi connectivity index (χ3n) is 2.91. The number of benzene rings is 2. The number of hydrogen-bond acceptors (Lipinski definition) is 4. The topological polar surface area (TPSA) is 81.2 Å². The molecule has 0 spiro atoms. The van der Waals surface area contributed by atoms with E-state index < -0.39 is 4.92 Å². The van der Waals surface area contributed by atoms with Crippen LogP contribution in [0.3, 0.4) is 0 Å². The average molecular weight is 292 g/mol. The van der Waals surface area contributed by atoms with Crippen molar-refractivity contribution >= 4 is 23.0 Å². The number of hydrogen-bond donors (Lipinski definition) is 2. The molecular formula is C14H14ClN3O2. The van der Waals surface area contributed by atoms with Crippen LogP contribution in [0.2, 0.25) is 5.02 Å². The quantitative estimate of drug-likeness (QED) is 0.654. The molecule has 0 saturated heterocycles. The van der Waals surface area contributed by atoms with Gasteiger partial charge in [-0.2, -0.15) is 0 Å². The molecule has 0 aliphatic heterocycles. The Kier molecular flexibility index (Phi) is 4.55. The van der Waals surface area contributed by atoms with Crippen LogP contribution >= 0.6 is 11.6 Å². The summed E-state index contributed by atoms with van der Waals surface area (Å²) in [6.45, 7) is 1.10. The predicted octanol–water partition coefficient (Wildman–Crippen LogP) is 3.32. The summed E-state index contributed by atoms with van der Waals surface area (Å²) in [4.78, 5) is 10.1. The van der Waals surface area contributed by atoms with Crippen molar-refractivity contribution in [3.8, 4) is 0 Å². The fourth-order valence-electron chi connectivity index (χ4n) is 1.75. The van der Waals surface area contributed by atoms with E-state index in [4.69, 9.17) is 17.3 Å². The zero-order chi connectivity index (χ0) is 14.5. The molecule has 20 heavy (non-hydrogen) atoms. The highest BCUT2D eigenvalue weighted by Crippen LogP contribution is 2.26. The Morgan fingerprint density at radius 2 is 1.80 bits per heavy atom. The minimum atomic E-state index is -0.471. The molecule has 6 heteroatoms. The fourth-order valence-corrected chi connectivity index (χ4v) is 1.99. The van der Waals surface area contributed by atoms with Gasteiger partial charge in [-0.1, -0.05) is 35.9 Å². The van der Waals surface area contributed by atoms with Crippen molar-refractivity contribution in [1.29, 1.82) is 0 Å². The summed E-state index contributed by atoms with van der Waals surface area (Å²) >= 11 is 6.00. The van der Waals surface area contributed by atoms with Gasteiger partial charge >= 0.3 is 0 Å². The highest BCUT2D eigenvalue weighted by Gasteiger charge is 2.09. The second kappa shape index (κ2) is 6.36. The lowest BCUT2D eigenvalue weighted by atomic mass is 10.1. The average Bonchev–Trinajstić information content (AvgIpc) is 2.46. The summed E-state index contributed by atoms with van der Waals surface area (Å²) in [6, 6.07) is 12.3. The maximum Gasteiger partial charge on any atom is 0.271 e. The molecule has 0 amide bonds. The molecule has 0 bridgehead atoms. The van der Waals surface area contributed by atoms with E-state index in [1.807, 2.05) is 24.3 Å². The molecule has 104 valence electrons. The largest absolute Gasteiger partial charge is 0.380 e. The Morgan fingerprint density at radius 1 is 1.15 bits per heavy atom. The lowest BCUT2D eigenvalue weighted by Crippen LogP contribution is -2.01. The van der Waals surface area contributed by atoms with Crippen LogP contribution in [0.1, 0.15) is 11.1 Å². The van der Waals surface area contributed by atoms with Gasteiger partial charge < -0.3 is 11.1 Å². The monoisotopic (exact) mass is 291 g/mol. The van der Waals surface area contributed by atoms with Crippen LogP contribution in [0.4, 0.5) is 11.4 Å². The molecule has 0 unspecified atom stereocenters. The van der Waals surface area contributed by atoms with Gasteiger partial charge in [0.25, 0.3) is 5.69 Å². The van der Waals surface area contributed by atoms with Gasteiger partial charge in [-0.05, 0) is 17.2 Å². The summed E-state index contributed by atoms with van der Waals surface area (Å²) in [5, 5.41) is 14.1. The van der Waals surface area contributed by atoms with E-state index in [1.54, 1.807) is 6.07 Å². The fraction of sp³-hybridized carbons (Fsp3) is 0.143. The molecule has 2 aromatic carbocycles. The first-order chi connectivity index (χ1) is 9.60. The molecule has 0 fully saturated rings. The Bertz CT molecular complexity index is 614. The van der Waals surface area contributed by atoms with E-state index in [-0.39, 0.29) is 5.69 Å². The standard InChI is InChI=1S/C14H14ClN3O2/c15-13-7-12(18(19)20)5-6-14(13)17-9-11-3-1-10(8-16)2-4-11/h1-7,17H,8-9,16H2. The Balaban J connectivity index is 2.04. The molecule has 0 heterocycles. The number of non-ortho nitro benzene ring substituents is 1. The van der Waals surface area contributed by atoms with Gasteiger partial charge in [0.15, 0.2) is 0 Å². The number of anilines is 1. The van der Waals surface area contributed by atoms with Gasteiger partial charge in [-0.3, -0.25) is 10.1 Å². The van der Waals surface area contributed by atoms with Gasteiger partial charge in [-0.15, -0.1) is 0 Å². The number of nitrogens with two attached hydrogens (primary N) is 1. The highest BCUT2D eigenvalue weighted by molar-refractivity contribution is 6.33. The van der Waals surface area contributed by atoms with Crippen molar-refractivity contribution in [1.82, 2.24) is 0 Å². The van der Waals surface area contributed by atoms with Crippen LogP contribution in [0, 0.1) is 10.1 Å². The number of nitro groups is 1. The lowest BCUT2D eigenvalue weighted by Gasteiger charge is -2.08. The normalized spacial score (nSPS) is 10.3. The van der Waals surface area contributed by atoms with E-state index in [9.17, 15) is 10.1 Å². The third-order valence-corrected chi connectivity index (χ3v) is 3.22. The molecule has 2 rings (SSSR count). The number of rotatable bonds is 5. The number of nitrogens with one attached hydrogen (secondary N) is 1. The molecule has 0 saturated carbocycles. The van der Waals surface area contributed by atoms with E-state index >= 15 is 0 Å². The molecule has 0 atom stereocenters. The van der Waals surface area contributed by atoms with Gasteiger partial charge in [0, 0.05) is 25.2 Å². The summed E-state index contributed by atoms with van der Waals surface area (Å²) < 4.78 is 0. The zero-order valence-corrected chi connectivity index (χ0v) is 11.4. The van der Waals surface area contributed by atoms with Crippen molar-refractivity contribution in [3.63, 3.8) is 0 Å². The molecule has 3 N–H and O–H groups in total. The van der Waals surface area contributed by atoms with E-state index in [1.165, 1.54) is 12.1 Å². The summed E-state index contributed by atoms with van der Waals surface area (Å²) in [7, 11) is 0. The Morgan fingerprint density at radius 3 is 2.35 bits per heavy atom. The second-order valence-corrected chi connectivity index (χ2v) is 4.70. The number of nitro benzene ring substituents is 1. The maximum atomic E-state index is 10.6. The first-order valence-corrected chi connectivity index (χ1v) is 6.43. The van der Waals surface area contributed by atoms with Crippen LogP contribution in [0.25, 0.3) is 0 Å².